The van der Waals surface area contributed by atoms with E-state index in [1.807, 2.05) is 13.8 Å². The molecule has 2 amide bonds. The summed E-state index contributed by atoms with van der Waals surface area (Å²) in [7, 11) is 0. The van der Waals surface area contributed by atoms with Crippen LogP contribution >= 0.6 is 0 Å². The number of carbonyl (C=O) groups is 2. The summed E-state index contributed by atoms with van der Waals surface area (Å²) < 4.78 is 0. The second-order valence-corrected chi connectivity index (χ2v) is 10.3. The molecule has 2 aliphatic carbocycles. The number of hydrogen-bond acceptors (Lipinski definition) is 4. The van der Waals surface area contributed by atoms with Gasteiger partial charge in [0.1, 0.15) is 5.82 Å². The van der Waals surface area contributed by atoms with E-state index in [-0.39, 0.29) is 11.8 Å². The molecular weight excluding hydrogens is 400 g/mol. The number of nitrogens with zero attached hydrogens (tertiary/aromatic N) is 3. The number of hydrogen-bond donors (Lipinski definition) is 1. The zero-order valence-electron chi connectivity index (χ0n) is 20.0. The lowest BCUT2D eigenvalue weighted by Crippen LogP contribution is -2.40. The van der Waals surface area contributed by atoms with Crippen molar-refractivity contribution in [2.45, 2.75) is 109 Å². The van der Waals surface area contributed by atoms with Gasteiger partial charge in [-0.05, 0) is 58.3 Å². The summed E-state index contributed by atoms with van der Waals surface area (Å²) in [6.07, 6.45) is 14.0. The van der Waals surface area contributed by atoms with E-state index in [9.17, 15) is 9.59 Å². The van der Waals surface area contributed by atoms with Crippen LogP contribution in [-0.2, 0) is 16.0 Å². The Hall–Kier alpha value is -1.98. The highest BCUT2D eigenvalue weighted by atomic mass is 16.2. The summed E-state index contributed by atoms with van der Waals surface area (Å²) in [5, 5.41) is 3.17. The van der Waals surface area contributed by atoms with Gasteiger partial charge in [-0.25, -0.2) is 9.97 Å². The summed E-state index contributed by atoms with van der Waals surface area (Å²) in [6, 6.07) is 0.336. The molecule has 3 aliphatic rings. The van der Waals surface area contributed by atoms with Crippen molar-refractivity contribution in [1.29, 1.82) is 0 Å². The Kier molecular flexibility index (Phi) is 7.80. The van der Waals surface area contributed by atoms with E-state index in [1.165, 1.54) is 44.9 Å². The summed E-state index contributed by atoms with van der Waals surface area (Å²) in [5.74, 6) is 2.01. The number of amides is 2. The Balaban J connectivity index is 1.37. The first kappa shape index (κ1) is 23.2. The summed E-state index contributed by atoms with van der Waals surface area (Å²) in [4.78, 5) is 37.2. The van der Waals surface area contributed by atoms with Crippen LogP contribution in [0.25, 0.3) is 0 Å². The molecule has 3 fully saturated rings. The topological polar surface area (TPSA) is 75.2 Å². The average molecular weight is 441 g/mol. The molecule has 1 aromatic heterocycles. The highest BCUT2D eigenvalue weighted by molar-refractivity contribution is 5.79. The van der Waals surface area contributed by atoms with Crippen molar-refractivity contribution in [1.82, 2.24) is 20.2 Å². The molecule has 176 valence electrons. The van der Waals surface area contributed by atoms with E-state index in [4.69, 9.17) is 9.97 Å². The van der Waals surface area contributed by atoms with Crippen molar-refractivity contribution >= 4 is 11.8 Å². The third-order valence-corrected chi connectivity index (χ3v) is 7.82. The van der Waals surface area contributed by atoms with Crippen molar-refractivity contribution in [3.05, 3.63) is 22.8 Å². The molecular formula is C26H40N4O2. The fourth-order valence-corrected chi connectivity index (χ4v) is 5.89. The molecule has 2 saturated carbocycles. The Morgan fingerprint density at radius 1 is 0.906 bits per heavy atom. The molecule has 1 saturated heterocycles. The number of carbonyl (C=O) groups excluding carboxylic acids is 2. The largest absolute Gasteiger partial charge is 0.353 e. The number of aryl methyl sites for hydroxylation is 2. The molecule has 4 rings (SSSR count). The van der Waals surface area contributed by atoms with Gasteiger partial charge < -0.3 is 10.2 Å². The quantitative estimate of drug-likeness (QED) is 0.713. The Labute approximate surface area is 193 Å². The molecule has 1 N–H and O–H groups in total. The van der Waals surface area contributed by atoms with Crippen LogP contribution in [0.3, 0.4) is 0 Å². The smallest absolute Gasteiger partial charge is 0.224 e. The number of likely N-dealkylation sites (tertiary alicyclic amines) is 1. The van der Waals surface area contributed by atoms with Crippen LogP contribution in [-0.4, -0.2) is 45.8 Å². The van der Waals surface area contributed by atoms with E-state index in [1.54, 1.807) is 0 Å². The highest BCUT2D eigenvalue weighted by Gasteiger charge is 2.29. The number of nitrogens with one attached hydrogen (secondary N) is 1. The van der Waals surface area contributed by atoms with Gasteiger partial charge in [-0.1, -0.05) is 32.1 Å². The van der Waals surface area contributed by atoms with Gasteiger partial charge in [-0.2, -0.15) is 0 Å². The Bertz CT molecular complexity index is 789. The van der Waals surface area contributed by atoms with Crippen molar-refractivity contribution < 1.29 is 9.59 Å². The maximum absolute atomic E-state index is 12.9. The van der Waals surface area contributed by atoms with Crippen LogP contribution in [0, 0.1) is 19.8 Å². The molecule has 0 aromatic carbocycles. The van der Waals surface area contributed by atoms with E-state index in [2.05, 4.69) is 10.2 Å². The molecule has 6 heteroatoms. The molecule has 0 radical (unpaired) electrons. The lowest BCUT2D eigenvalue weighted by Gasteiger charge is -2.34. The number of aromatic nitrogens is 2. The second-order valence-electron chi connectivity index (χ2n) is 10.3. The third kappa shape index (κ3) is 5.87. The number of rotatable bonds is 6. The molecule has 0 unspecified atom stereocenters. The normalized spacial score (nSPS) is 22.8. The Morgan fingerprint density at radius 2 is 1.56 bits per heavy atom. The summed E-state index contributed by atoms with van der Waals surface area (Å²) >= 11 is 0. The van der Waals surface area contributed by atoms with Gasteiger partial charge in [-0.15, -0.1) is 0 Å². The molecule has 6 nitrogen and oxygen atoms in total. The predicted octanol–water partition coefficient (Wildman–Crippen LogP) is 4.37. The van der Waals surface area contributed by atoms with Gasteiger partial charge >= 0.3 is 0 Å². The van der Waals surface area contributed by atoms with E-state index >= 15 is 0 Å². The lowest BCUT2D eigenvalue weighted by atomic mass is 9.86. The Morgan fingerprint density at radius 3 is 2.25 bits per heavy atom. The van der Waals surface area contributed by atoms with Crippen molar-refractivity contribution in [3.8, 4) is 0 Å². The fourth-order valence-electron chi connectivity index (χ4n) is 5.89. The first-order chi connectivity index (χ1) is 15.5. The maximum atomic E-state index is 12.9. The molecule has 32 heavy (non-hydrogen) atoms. The van der Waals surface area contributed by atoms with Gasteiger partial charge in [0.25, 0.3) is 0 Å². The third-order valence-electron chi connectivity index (χ3n) is 7.82. The SMILES string of the molecule is Cc1nc([C@@H]2CCCN(C(=O)CC3CCCCC3)C2)nc(C)c1CC(=O)NC1CCCC1. The molecule has 1 atom stereocenters. The average Bonchev–Trinajstić information content (AvgIpc) is 3.30. The van der Waals surface area contributed by atoms with Crippen LogP contribution in [0.4, 0.5) is 0 Å². The van der Waals surface area contributed by atoms with Crippen LogP contribution < -0.4 is 5.32 Å². The van der Waals surface area contributed by atoms with Gasteiger partial charge in [0, 0.05) is 48.4 Å². The first-order valence-corrected chi connectivity index (χ1v) is 12.9. The first-order valence-electron chi connectivity index (χ1n) is 12.9. The fraction of sp³-hybridized carbons (Fsp3) is 0.769. The monoisotopic (exact) mass is 440 g/mol. The molecule has 1 aliphatic heterocycles. The number of piperidine rings is 1. The van der Waals surface area contributed by atoms with E-state index < -0.39 is 0 Å². The highest BCUT2D eigenvalue weighted by Crippen LogP contribution is 2.30. The zero-order chi connectivity index (χ0) is 22.5. The van der Waals surface area contributed by atoms with E-state index in [0.717, 1.165) is 61.5 Å². The second kappa shape index (κ2) is 10.8. The van der Waals surface area contributed by atoms with Gasteiger partial charge in [0.15, 0.2) is 0 Å². The van der Waals surface area contributed by atoms with Crippen LogP contribution in [0.2, 0.25) is 0 Å². The molecule has 0 bridgehead atoms. The van der Waals surface area contributed by atoms with Crippen LogP contribution in [0.15, 0.2) is 0 Å². The van der Waals surface area contributed by atoms with Crippen molar-refractivity contribution in [2.75, 3.05) is 13.1 Å². The minimum Gasteiger partial charge on any atom is -0.353 e. The maximum Gasteiger partial charge on any atom is 0.224 e. The van der Waals surface area contributed by atoms with Crippen LogP contribution in [0.5, 0.6) is 0 Å². The minimum absolute atomic E-state index is 0.0802. The van der Waals surface area contributed by atoms with Gasteiger partial charge in [-0.3, -0.25) is 9.59 Å². The van der Waals surface area contributed by atoms with Crippen molar-refractivity contribution in [3.63, 3.8) is 0 Å². The minimum atomic E-state index is 0.0802. The molecule has 0 spiro atoms. The zero-order valence-corrected chi connectivity index (χ0v) is 20.0. The summed E-state index contributed by atoms with van der Waals surface area (Å²) in [5.41, 5.74) is 2.75. The van der Waals surface area contributed by atoms with Crippen LogP contribution in [0.1, 0.15) is 106 Å². The summed E-state index contributed by atoms with van der Waals surface area (Å²) in [6.45, 7) is 5.57. The lowest BCUT2D eigenvalue weighted by molar-refractivity contribution is -0.133. The van der Waals surface area contributed by atoms with Gasteiger partial charge in [0.2, 0.25) is 11.8 Å². The van der Waals surface area contributed by atoms with E-state index in [0.29, 0.717) is 30.7 Å². The molecule has 2 heterocycles. The standard InChI is InChI=1S/C26H40N4O2/c1-18-23(16-24(31)29-22-12-6-7-13-22)19(2)28-26(27-18)21-11-8-14-30(17-21)25(32)15-20-9-4-3-5-10-20/h20-22H,3-17H2,1-2H3,(H,29,31)/t21-/m1/s1. The molecule has 1 aromatic rings. The van der Waals surface area contributed by atoms with Gasteiger partial charge in [0.05, 0.1) is 6.42 Å². The van der Waals surface area contributed by atoms with Crippen molar-refractivity contribution in [2.24, 2.45) is 5.92 Å². The predicted molar refractivity (Wildman–Crippen MR) is 125 cm³/mol.